The maximum absolute atomic E-state index is 5.60. The summed E-state index contributed by atoms with van der Waals surface area (Å²) >= 11 is 0. The van der Waals surface area contributed by atoms with Crippen LogP contribution in [0.1, 0.15) is 53.4 Å². The third kappa shape index (κ3) is 3.70. The van der Waals surface area contributed by atoms with E-state index in [-0.39, 0.29) is 11.1 Å². The molecular formula is C13H24N4O. The van der Waals surface area contributed by atoms with Gasteiger partial charge in [0.15, 0.2) is 0 Å². The molecule has 0 bridgehead atoms. The Morgan fingerprint density at radius 2 is 1.83 bits per heavy atom. The highest BCUT2D eigenvalue weighted by atomic mass is 16.4. The van der Waals surface area contributed by atoms with E-state index >= 15 is 0 Å². The molecule has 1 aliphatic rings. The van der Waals surface area contributed by atoms with Crippen molar-refractivity contribution in [3.8, 4) is 0 Å². The molecule has 0 amide bonds. The number of aromatic nitrogens is 2. The summed E-state index contributed by atoms with van der Waals surface area (Å²) in [5.74, 6) is 1.35. The Morgan fingerprint density at radius 1 is 1.17 bits per heavy atom. The van der Waals surface area contributed by atoms with Gasteiger partial charge in [0.25, 0.3) is 0 Å². The number of nitrogens with one attached hydrogen (secondary N) is 2. The van der Waals surface area contributed by atoms with Crippen LogP contribution in [0.5, 0.6) is 0 Å². The van der Waals surface area contributed by atoms with Crippen LogP contribution in [0.25, 0.3) is 0 Å². The summed E-state index contributed by atoms with van der Waals surface area (Å²) in [5.41, 5.74) is 0.0939. The molecular weight excluding hydrogens is 228 g/mol. The lowest BCUT2D eigenvalue weighted by atomic mass is 9.99. The topological polar surface area (TPSA) is 63.0 Å². The highest BCUT2D eigenvalue weighted by Crippen LogP contribution is 2.40. The second-order valence-corrected chi connectivity index (χ2v) is 6.73. The summed E-state index contributed by atoms with van der Waals surface area (Å²) in [5, 5.41) is 14.7. The van der Waals surface area contributed by atoms with Crippen molar-refractivity contribution in [1.29, 1.82) is 0 Å². The number of hydrogen-bond donors (Lipinski definition) is 2. The van der Waals surface area contributed by atoms with Crippen molar-refractivity contribution in [2.24, 2.45) is 5.92 Å². The van der Waals surface area contributed by atoms with Gasteiger partial charge in [-0.25, -0.2) is 0 Å². The van der Waals surface area contributed by atoms with Gasteiger partial charge in [-0.05, 0) is 53.4 Å². The van der Waals surface area contributed by atoms with Crippen LogP contribution in [0.3, 0.4) is 0 Å². The molecule has 18 heavy (non-hydrogen) atoms. The van der Waals surface area contributed by atoms with Crippen molar-refractivity contribution in [2.45, 2.75) is 65.1 Å². The molecule has 0 spiro atoms. The average Bonchev–Trinajstić information content (AvgIpc) is 2.98. The normalized spacial score (nSPS) is 16.9. The average molecular weight is 252 g/mol. The Labute approximate surface area is 109 Å². The summed E-state index contributed by atoms with van der Waals surface area (Å²) in [6.45, 7) is 11.3. The zero-order valence-electron chi connectivity index (χ0n) is 12.0. The van der Waals surface area contributed by atoms with Crippen molar-refractivity contribution in [1.82, 2.24) is 15.5 Å². The third-order valence-corrected chi connectivity index (χ3v) is 3.26. The van der Waals surface area contributed by atoms with Crippen LogP contribution in [-0.2, 0) is 6.54 Å². The van der Waals surface area contributed by atoms with Crippen LogP contribution in [0, 0.1) is 5.92 Å². The molecule has 0 unspecified atom stereocenters. The van der Waals surface area contributed by atoms with Gasteiger partial charge in [0.1, 0.15) is 0 Å². The second-order valence-electron chi connectivity index (χ2n) is 6.73. The highest BCUT2D eigenvalue weighted by molar-refractivity contribution is 5.25. The fourth-order valence-electron chi connectivity index (χ4n) is 1.90. The van der Waals surface area contributed by atoms with E-state index in [1.165, 1.54) is 12.8 Å². The molecule has 1 aromatic rings. The first-order valence-corrected chi connectivity index (χ1v) is 6.62. The zero-order chi connectivity index (χ0) is 13.4. The summed E-state index contributed by atoms with van der Waals surface area (Å²) in [6, 6.07) is 0.526. The van der Waals surface area contributed by atoms with Gasteiger partial charge in [-0.3, -0.25) is 0 Å². The quantitative estimate of drug-likeness (QED) is 0.843. The van der Waals surface area contributed by atoms with Crippen LogP contribution in [0.4, 0.5) is 6.01 Å². The Balaban J connectivity index is 1.89. The maximum atomic E-state index is 5.60. The van der Waals surface area contributed by atoms with Crippen LogP contribution >= 0.6 is 0 Å². The Morgan fingerprint density at radius 3 is 2.39 bits per heavy atom. The first-order chi connectivity index (χ1) is 8.26. The van der Waals surface area contributed by atoms with Crippen LogP contribution in [-0.4, -0.2) is 21.3 Å². The SMILES string of the molecule is CC(C)(C)NCc1nnc(NC(C)(C)C2CC2)o1. The fraction of sp³-hybridized carbons (Fsp3) is 0.846. The largest absolute Gasteiger partial charge is 0.407 e. The molecule has 1 heterocycles. The van der Waals surface area contributed by atoms with E-state index in [4.69, 9.17) is 4.42 Å². The first kappa shape index (κ1) is 13.3. The molecule has 0 aromatic carbocycles. The lowest BCUT2D eigenvalue weighted by molar-refractivity contribution is 0.379. The predicted octanol–water partition coefficient (Wildman–Crippen LogP) is 2.56. The van der Waals surface area contributed by atoms with E-state index in [1.807, 2.05) is 0 Å². The van der Waals surface area contributed by atoms with Crippen LogP contribution in [0.2, 0.25) is 0 Å². The summed E-state index contributed by atoms with van der Waals surface area (Å²) in [4.78, 5) is 0. The van der Waals surface area contributed by atoms with Crippen LogP contribution < -0.4 is 10.6 Å². The van der Waals surface area contributed by atoms with E-state index in [1.54, 1.807) is 0 Å². The molecule has 1 saturated carbocycles. The Bertz CT molecular complexity index is 401. The van der Waals surface area contributed by atoms with Gasteiger partial charge in [-0.15, -0.1) is 5.10 Å². The Kier molecular flexibility index (Phi) is 3.36. The van der Waals surface area contributed by atoms with E-state index in [0.717, 1.165) is 5.92 Å². The third-order valence-electron chi connectivity index (χ3n) is 3.26. The van der Waals surface area contributed by atoms with Gasteiger partial charge >= 0.3 is 6.01 Å². The van der Waals surface area contributed by atoms with Crippen molar-refractivity contribution in [3.05, 3.63) is 5.89 Å². The maximum Gasteiger partial charge on any atom is 0.315 e. The molecule has 5 heteroatoms. The van der Waals surface area contributed by atoms with Crippen molar-refractivity contribution >= 4 is 6.01 Å². The van der Waals surface area contributed by atoms with Gasteiger partial charge in [0, 0.05) is 11.1 Å². The smallest absolute Gasteiger partial charge is 0.315 e. The van der Waals surface area contributed by atoms with Gasteiger partial charge in [0.2, 0.25) is 5.89 Å². The summed E-state index contributed by atoms with van der Waals surface area (Å²) in [6.07, 6.45) is 2.57. The molecule has 2 N–H and O–H groups in total. The van der Waals surface area contributed by atoms with Crippen molar-refractivity contribution in [3.63, 3.8) is 0 Å². The van der Waals surface area contributed by atoms with Gasteiger partial charge < -0.3 is 15.1 Å². The molecule has 1 aromatic heterocycles. The summed E-state index contributed by atoms with van der Waals surface area (Å²) < 4.78 is 5.60. The highest BCUT2D eigenvalue weighted by Gasteiger charge is 2.38. The van der Waals surface area contributed by atoms with Gasteiger partial charge in [0.05, 0.1) is 6.54 Å². The minimum Gasteiger partial charge on any atom is -0.407 e. The standard InChI is InChI=1S/C13H24N4O/c1-12(2,3)14-8-10-16-17-11(18-10)15-13(4,5)9-6-7-9/h9,14H,6-8H2,1-5H3,(H,15,17). The van der Waals surface area contributed by atoms with Gasteiger partial charge in [-0.1, -0.05) is 5.10 Å². The molecule has 0 radical (unpaired) electrons. The van der Waals surface area contributed by atoms with Crippen molar-refractivity contribution < 1.29 is 4.42 Å². The minimum atomic E-state index is 0.0429. The molecule has 1 aliphatic carbocycles. The molecule has 2 rings (SSSR count). The monoisotopic (exact) mass is 252 g/mol. The Hall–Kier alpha value is -1.10. The lowest BCUT2D eigenvalue weighted by Crippen LogP contribution is -2.35. The lowest BCUT2D eigenvalue weighted by Gasteiger charge is -2.24. The second kappa shape index (κ2) is 4.53. The minimum absolute atomic E-state index is 0.0429. The van der Waals surface area contributed by atoms with E-state index < -0.39 is 0 Å². The molecule has 0 aliphatic heterocycles. The molecule has 0 atom stereocenters. The number of hydrogen-bond acceptors (Lipinski definition) is 5. The first-order valence-electron chi connectivity index (χ1n) is 6.62. The fourth-order valence-corrected chi connectivity index (χ4v) is 1.90. The number of anilines is 1. The molecule has 102 valence electrons. The summed E-state index contributed by atoms with van der Waals surface area (Å²) in [7, 11) is 0. The molecule has 5 nitrogen and oxygen atoms in total. The van der Waals surface area contributed by atoms with E-state index in [2.05, 4.69) is 55.4 Å². The molecule has 0 saturated heterocycles. The number of nitrogens with zero attached hydrogens (tertiary/aromatic N) is 2. The van der Waals surface area contributed by atoms with E-state index in [9.17, 15) is 0 Å². The van der Waals surface area contributed by atoms with Crippen LogP contribution in [0.15, 0.2) is 4.42 Å². The van der Waals surface area contributed by atoms with E-state index in [0.29, 0.717) is 18.5 Å². The van der Waals surface area contributed by atoms with Crippen molar-refractivity contribution in [2.75, 3.05) is 5.32 Å². The number of rotatable bonds is 5. The molecule has 1 fully saturated rings. The van der Waals surface area contributed by atoms with Gasteiger partial charge in [-0.2, -0.15) is 0 Å². The zero-order valence-corrected chi connectivity index (χ0v) is 12.0. The predicted molar refractivity (Wildman–Crippen MR) is 71.3 cm³/mol.